The van der Waals surface area contributed by atoms with E-state index in [-0.39, 0.29) is 24.3 Å². The third-order valence-corrected chi connectivity index (χ3v) is 4.65. The Morgan fingerprint density at radius 2 is 1.55 bits per heavy atom. The maximum atomic E-state index is 12.6. The molecule has 0 spiro atoms. The molecule has 0 aliphatic carbocycles. The number of rotatable bonds is 4. The normalized spacial score (nSPS) is 11.8. The highest BCUT2D eigenvalue weighted by Gasteiger charge is 2.16. The summed E-state index contributed by atoms with van der Waals surface area (Å²) in [5.74, 6) is 0.473. The minimum atomic E-state index is -0.383. The molecule has 29 heavy (non-hydrogen) atoms. The quantitative estimate of drug-likeness (QED) is 0.706. The summed E-state index contributed by atoms with van der Waals surface area (Å²) in [6.45, 7) is 4.14. The molecule has 1 aliphatic rings. The molecule has 2 aromatic carbocycles. The number of carbonyl (C=O) groups excluding carboxylic acids is 2. The summed E-state index contributed by atoms with van der Waals surface area (Å²) in [4.78, 5) is 29.2. The van der Waals surface area contributed by atoms with Gasteiger partial charge in [-0.05, 0) is 61.4 Å². The summed E-state index contributed by atoms with van der Waals surface area (Å²) in [5.41, 5.74) is 3.94. The van der Waals surface area contributed by atoms with E-state index in [1.54, 1.807) is 24.3 Å². The van der Waals surface area contributed by atoms with E-state index in [9.17, 15) is 9.59 Å². The molecule has 1 aliphatic heterocycles. The molecule has 3 aromatic rings. The maximum Gasteiger partial charge on any atom is 0.274 e. The summed E-state index contributed by atoms with van der Waals surface area (Å²) in [6, 6.07) is 13.8. The van der Waals surface area contributed by atoms with Gasteiger partial charge in [-0.1, -0.05) is 6.07 Å². The number of ether oxygens (including phenoxy) is 2. The van der Waals surface area contributed by atoms with E-state index in [1.165, 1.54) is 12.3 Å². The maximum absolute atomic E-state index is 12.6. The zero-order valence-electron chi connectivity index (χ0n) is 16.0. The fraction of sp³-hybridized carbons (Fsp3) is 0.136. The van der Waals surface area contributed by atoms with Crippen LogP contribution in [0.5, 0.6) is 11.5 Å². The van der Waals surface area contributed by atoms with E-state index >= 15 is 0 Å². The molecule has 0 saturated heterocycles. The highest BCUT2D eigenvalue weighted by Crippen LogP contribution is 2.34. The summed E-state index contributed by atoms with van der Waals surface area (Å²) in [6.07, 6.45) is 1.43. The molecule has 0 fully saturated rings. The number of nitrogens with zero attached hydrogens (tertiary/aromatic N) is 1. The van der Waals surface area contributed by atoms with E-state index < -0.39 is 0 Å². The molecular formula is C22H19N3O4. The third-order valence-electron chi connectivity index (χ3n) is 4.65. The van der Waals surface area contributed by atoms with Crippen LogP contribution < -0.4 is 20.1 Å². The number of hydrogen-bond acceptors (Lipinski definition) is 5. The monoisotopic (exact) mass is 389 g/mol. The summed E-state index contributed by atoms with van der Waals surface area (Å²) in [7, 11) is 0. The molecule has 0 bridgehead atoms. The Kier molecular flexibility index (Phi) is 4.87. The van der Waals surface area contributed by atoms with Crippen molar-refractivity contribution < 1.29 is 19.1 Å². The fourth-order valence-electron chi connectivity index (χ4n) is 2.89. The molecule has 7 nitrogen and oxygen atoms in total. The lowest BCUT2D eigenvalue weighted by atomic mass is 10.1. The minimum Gasteiger partial charge on any atom is -0.454 e. The summed E-state index contributed by atoms with van der Waals surface area (Å²) >= 11 is 0. The van der Waals surface area contributed by atoms with Gasteiger partial charge in [-0.15, -0.1) is 0 Å². The Morgan fingerprint density at radius 3 is 2.38 bits per heavy atom. The Balaban J connectivity index is 1.48. The van der Waals surface area contributed by atoms with Crippen molar-refractivity contribution in [1.82, 2.24) is 4.98 Å². The van der Waals surface area contributed by atoms with Crippen LogP contribution in [0.3, 0.4) is 0 Å². The molecule has 2 amide bonds. The molecule has 2 heterocycles. The van der Waals surface area contributed by atoms with Crippen molar-refractivity contribution in [3.63, 3.8) is 0 Å². The van der Waals surface area contributed by atoms with E-state index in [2.05, 4.69) is 15.6 Å². The first kappa shape index (κ1) is 18.5. The average Bonchev–Trinajstić information content (AvgIpc) is 3.18. The summed E-state index contributed by atoms with van der Waals surface area (Å²) < 4.78 is 10.6. The number of aryl methyl sites for hydroxylation is 2. The van der Waals surface area contributed by atoms with E-state index in [1.807, 2.05) is 32.0 Å². The minimum absolute atomic E-state index is 0.154. The molecular weight excluding hydrogens is 370 g/mol. The van der Waals surface area contributed by atoms with Crippen LogP contribution in [-0.2, 0) is 0 Å². The second-order valence-corrected chi connectivity index (χ2v) is 6.71. The van der Waals surface area contributed by atoms with E-state index in [0.29, 0.717) is 28.4 Å². The number of amides is 2. The van der Waals surface area contributed by atoms with Crippen molar-refractivity contribution in [3.05, 3.63) is 77.1 Å². The molecule has 7 heteroatoms. The van der Waals surface area contributed by atoms with Gasteiger partial charge in [0, 0.05) is 29.2 Å². The van der Waals surface area contributed by atoms with Crippen molar-refractivity contribution in [1.29, 1.82) is 0 Å². The molecule has 0 unspecified atom stereocenters. The van der Waals surface area contributed by atoms with Crippen LogP contribution in [0.2, 0.25) is 0 Å². The topological polar surface area (TPSA) is 89.6 Å². The molecule has 146 valence electrons. The van der Waals surface area contributed by atoms with Gasteiger partial charge in [0.05, 0.1) is 0 Å². The Morgan fingerprint density at radius 1 is 0.828 bits per heavy atom. The Bertz CT molecular complexity index is 1110. The van der Waals surface area contributed by atoms with Gasteiger partial charge < -0.3 is 20.1 Å². The lowest BCUT2D eigenvalue weighted by molar-refractivity contribution is 0.102. The standard InChI is InChI=1S/C22H19N3O4/c1-13-3-4-16(9-14(13)2)25-22(27)18-10-15(7-8-23-18)21(26)24-17-5-6-19-20(11-17)29-12-28-19/h3-11H,12H2,1-2H3,(H,24,26)(H,25,27). The SMILES string of the molecule is Cc1ccc(NC(=O)c2cc(C(=O)Nc3ccc4c(c3)OCO4)ccn2)cc1C. The summed E-state index contributed by atoms with van der Waals surface area (Å²) in [5, 5.41) is 5.59. The van der Waals surface area contributed by atoms with Crippen molar-refractivity contribution in [2.24, 2.45) is 0 Å². The van der Waals surface area contributed by atoms with Crippen molar-refractivity contribution >= 4 is 23.2 Å². The second kappa shape index (κ2) is 7.63. The molecule has 0 atom stereocenters. The fourth-order valence-corrected chi connectivity index (χ4v) is 2.89. The lowest BCUT2D eigenvalue weighted by Gasteiger charge is -2.09. The molecule has 1 aromatic heterocycles. The van der Waals surface area contributed by atoms with Gasteiger partial charge in [-0.2, -0.15) is 0 Å². The van der Waals surface area contributed by atoms with Gasteiger partial charge in [0.2, 0.25) is 6.79 Å². The number of hydrogen-bond donors (Lipinski definition) is 2. The highest BCUT2D eigenvalue weighted by atomic mass is 16.7. The second-order valence-electron chi connectivity index (χ2n) is 6.71. The largest absolute Gasteiger partial charge is 0.454 e. The molecule has 0 saturated carbocycles. The van der Waals surface area contributed by atoms with Gasteiger partial charge in [0.25, 0.3) is 11.8 Å². The lowest BCUT2D eigenvalue weighted by Crippen LogP contribution is -2.17. The molecule has 4 rings (SSSR count). The Labute approximate surface area is 167 Å². The number of fused-ring (bicyclic) bond motifs is 1. The van der Waals surface area contributed by atoms with Crippen LogP contribution >= 0.6 is 0 Å². The van der Waals surface area contributed by atoms with E-state index in [0.717, 1.165) is 11.1 Å². The first-order valence-electron chi connectivity index (χ1n) is 9.05. The number of pyridine rings is 1. The number of anilines is 2. The third kappa shape index (κ3) is 4.03. The van der Waals surface area contributed by atoms with E-state index in [4.69, 9.17) is 9.47 Å². The zero-order chi connectivity index (χ0) is 20.4. The first-order valence-corrected chi connectivity index (χ1v) is 9.05. The predicted octanol–water partition coefficient (Wildman–Crippen LogP) is 3.93. The van der Waals surface area contributed by atoms with Crippen LogP contribution in [0, 0.1) is 13.8 Å². The predicted molar refractivity (Wildman–Crippen MR) is 109 cm³/mol. The number of aromatic nitrogens is 1. The average molecular weight is 389 g/mol. The van der Waals surface area contributed by atoms with Gasteiger partial charge in [0.1, 0.15) is 5.69 Å². The highest BCUT2D eigenvalue weighted by molar-refractivity contribution is 6.08. The molecule has 0 radical (unpaired) electrons. The number of benzene rings is 2. The van der Waals surface area contributed by atoms with Crippen molar-refractivity contribution in [2.45, 2.75) is 13.8 Å². The van der Waals surface area contributed by atoms with Crippen LogP contribution in [0.15, 0.2) is 54.7 Å². The number of carbonyl (C=O) groups is 2. The van der Waals surface area contributed by atoms with Gasteiger partial charge >= 0.3 is 0 Å². The van der Waals surface area contributed by atoms with Crippen molar-refractivity contribution in [3.8, 4) is 11.5 Å². The smallest absolute Gasteiger partial charge is 0.274 e. The van der Waals surface area contributed by atoms with Crippen LogP contribution in [0.25, 0.3) is 0 Å². The Hall–Kier alpha value is -3.87. The van der Waals surface area contributed by atoms with Crippen LogP contribution in [0.4, 0.5) is 11.4 Å². The number of nitrogens with one attached hydrogen (secondary N) is 2. The van der Waals surface area contributed by atoms with Gasteiger partial charge in [-0.25, -0.2) is 0 Å². The van der Waals surface area contributed by atoms with Gasteiger partial charge in [0.15, 0.2) is 11.5 Å². The zero-order valence-corrected chi connectivity index (χ0v) is 16.0. The molecule has 2 N–H and O–H groups in total. The van der Waals surface area contributed by atoms with Crippen LogP contribution in [0.1, 0.15) is 32.0 Å². The van der Waals surface area contributed by atoms with Crippen LogP contribution in [-0.4, -0.2) is 23.6 Å². The first-order chi connectivity index (χ1) is 14.0. The van der Waals surface area contributed by atoms with Crippen molar-refractivity contribution in [2.75, 3.05) is 17.4 Å². The van der Waals surface area contributed by atoms with Gasteiger partial charge in [-0.3, -0.25) is 14.6 Å².